The second-order valence-corrected chi connectivity index (χ2v) is 5.76. The highest BCUT2D eigenvalue weighted by atomic mass is 79.9. The molecule has 17 heavy (non-hydrogen) atoms. The Hall–Kier alpha value is -0.610. The number of halogens is 1. The van der Waals surface area contributed by atoms with Crippen molar-refractivity contribution in [3.8, 4) is 0 Å². The van der Waals surface area contributed by atoms with Crippen molar-refractivity contribution in [1.29, 1.82) is 0 Å². The maximum absolute atomic E-state index is 4.49. The molecule has 1 aromatic rings. The van der Waals surface area contributed by atoms with Crippen molar-refractivity contribution in [2.75, 3.05) is 31.1 Å². The molecule has 3 nitrogen and oxygen atoms in total. The fourth-order valence-electron chi connectivity index (χ4n) is 2.16. The molecule has 1 saturated heterocycles. The highest BCUT2D eigenvalue weighted by molar-refractivity contribution is 9.10. The van der Waals surface area contributed by atoms with Crippen LogP contribution in [0.3, 0.4) is 0 Å². The largest absolute Gasteiger partial charge is 0.354 e. The van der Waals surface area contributed by atoms with Crippen molar-refractivity contribution in [2.45, 2.75) is 26.8 Å². The zero-order valence-electron chi connectivity index (χ0n) is 10.8. The summed E-state index contributed by atoms with van der Waals surface area (Å²) in [6.07, 6.45) is 1.90. The number of nitrogens with zero attached hydrogens (tertiary/aromatic N) is 3. The van der Waals surface area contributed by atoms with E-state index < -0.39 is 0 Å². The average Bonchev–Trinajstić information content (AvgIpc) is 2.33. The standard InChI is InChI=1S/C13H20BrN3/c1-10(2)16-4-6-17(7-5-16)13-8-11(3)12(14)9-15-13/h8-10H,4-7H2,1-3H3. The molecule has 2 heterocycles. The minimum atomic E-state index is 0.650. The number of aromatic nitrogens is 1. The van der Waals surface area contributed by atoms with E-state index in [4.69, 9.17) is 0 Å². The van der Waals surface area contributed by atoms with E-state index in [-0.39, 0.29) is 0 Å². The summed E-state index contributed by atoms with van der Waals surface area (Å²) >= 11 is 3.49. The molecule has 0 unspecified atom stereocenters. The van der Waals surface area contributed by atoms with Gasteiger partial charge in [0.15, 0.2) is 0 Å². The molecule has 4 heteroatoms. The monoisotopic (exact) mass is 297 g/mol. The average molecular weight is 298 g/mol. The zero-order chi connectivity index (χ0) is 12.4. The van der Waals surface area contributed by atoms with Gasteiger partial charge in [0.25, 0.3) is 0 Å². The molecule has 1 aliphatic rings. The van der Waals surface area contributed by atoms with E-state index in [9.17, 15) is 0 Å². The maximum atomic E-state index is 4.49. The van der Waals surface area contributed by atoms with E-state index in [1.54, 1.807) is 0 Å². The molecule has 94 valence electrons. The van der Waals surface area contributed by atoms with Crippen LogP contribution in [-0.4, -0.2) is 42.1 Å². The molecule has 0 bridgehead atoms. The van der Waals surface area contributed by atoms with Gasteiger partial charge in [-0.25, -0.2) is 4.98 Å². The van der Waals surface area contributed by atoms with Gasteiger partial charge in [0.1, 0.15) is 5.82 Å². The Morgan fingerprint density at radius 2 is 1.88 bits per heavy atom. The van der Waals surface area contributed by atoms with Gasteiger partial charge >= 0.3 is 0 Å². The number of aryl methyl sites for hydroxylation is 1. The number of anilines is 1. The van der Waals surface area contributed by atoms with E-state index in [0.29, 0.717) is 6.04 Å². The molecule has 0 aromatic carbocycles. The Morgan fingerprint density at radius 1 is 1.24 bits per heavy atom. The molecule has 0 atom stereocenters. The highest BCUT2D eigenvalue weighted by Crippen LogP contribution is 2.21. The van der Waals surface area contributed by atoms with Gasteiger partial charge in [-0.1, -0.05) is 0 Å². The minimum Gasteiger partial charge on any atom is -0.354 e. The Morgan fingerprint density at radius 3 is 2.41 bits per heavy atom. The van der Waals surface area contributed by atoms with Crippen molar-refractivity contribution in [2.24, 2.45) is 0 Å². The van der Waals surface area contributed by atoms with Gasteiger partial charge in [-0.15, -0.1) is 0 Å². The highest BCUT2D eigenvalue weighted by Gasteiger charge is 2.19. The first-order chi connectivity index (χ1) is 8.08. The summed E-state index contributed by atoms with van der Waals surface area (Å²) in [5, 5.41) is 0. The summed E-state index contributed by atoms with van der Waals surface area (Å²) < 4.78 is 1.09. The van der Waals surface area contributed by atoms with Crippen LogP contribution in [0.1, 0.15) is 19.4 Å². The van der Waals surface area contributed by atoms with Crippen LogP contribution in [-0.2, 0) is 0 Å². The molecular formula is C13H20BrN3. The summed E-state index contributed by atoms with van der Waals surface area (Å²) in [4.78, 5) is 9.38. The van der Waals surface area contributed by atoms with E-state index in [2.05, 4.69) is 57.6 Å². The Labute approximate surface area is 112 Å². The van der Waals surface area contributed by atoms with Gasteiger partial charge in [0.2, 0.25) is 0 Å². The van der Waals surface area contributed by atoms with Gasteiger partial charge in [-0.2, -0.15) is 0 Å². The molecule has 0 saturated carbocycles. The molecule has 0 radical (unpaired) electrons. The summed E-state index contributed by atoms with van der Waals surface area (Å²) in [5.74, 6) is 1.11. The van der Waals surface area contributed by atoms with E-state index in [0.717, 1.165) is 36.5 Å². The van der Waals surface area contributed by atoms with Crippen LogP contribution in [0.25, 0.3) is 0 Å². The number of pyridine rings is 1. The number of hydrogen-bond acceptors (Lipinski definition) is 3. The third-order valence-corrected chi connectivity index (χ3v) is 4.23. The van der Waals surface area contributed by atoms with Crippen molar-refractivity contribution < 1.29 is 0 Å². The first kappa shape index (κ1) is 12.8. The lowest BCUT2D eigenvalue weighted by atomic mass is 10.2. The Bertz CT molecular complexity index is 384. The van der Waals surface area contributed by atoms with Gasteiger partial charge in [0, 0.05) is 42.9 Å². The van der Waals surface area contributed by atoms with E-state index in [1.165, 1.54) is 5.56 Å². The van der Waals surface area contributed by atoms with Crippen molar-refractivity contribution in [1.82, 2.24) is 9.88 Å². The first-order valence-corrected chi connectivity index (χ1v) is 6.98. The molecule has 2 rings (SSSR count). The number of piperazine rings is 1. The maximum Gasteiger partial charge on any atom is 0.128 e. The van der Waals surface area contributed by atoms with Crippen LogP contribution >= 0.6 is 15.9 Å². The molecule has 0 N–H and O–H groups in total. The van der Waals surface area contributed by atoms with Gasteiger partial charge in [-0.05, 0) is 48.3 Å². The zero-order valence-corrected chi connectivity index (χ0v) is 12.4. The third-order valence-electron chi connectivity index (χ3n) is 3.40. The third kappa shape index (κ3) is 2.99. The van der Waals surface area contributed by atoms with Gasteiger partial charge < -0.3 is 4.90 Å². The second kappa shape index (κ2) is 5.36. The van der Waals surface area contributed by atoms with Crippen molar-refractivity contribution in [3.05, 3.63) is 22.3 Å². The van der Waals surface area contributed by atoms with Crippen LogP contribution in [0, 0.1) is 6.92 Å². The van der Waals surface area contributed by atoms with Crippen LogP contribution in [0.2, 0.25) is 0 Å². The van der Waals surface area contributed by atoms with Crippen LogP contribution < -0.4 is 4.90 Å². The summed E-state index contributed by atoms with van der Waals surface area (Å²) in [6.45, 7) is 11.1. The Balaban J connectivity index is 2.03. The number of hydrogen-bond donors (Lipinski definition) is 0. The summed E-state index contributed by atoms with van der Waals surface area (Å²) in [6, 6.07) is 2.81. The predicted molar refractivity (Wildman–Crippen MR) is 75.6 cm³/mol. The topological polar surface area (TPSA) is 19.4 Å². The lowest BCUT2D eigenvalue weighted by Gasteiger charge is -2.37. The summed E-state index contributed by atoms with van der Waals surface area (Å²) in [7, 11) is 0. The first-order valence-electron chi connectivity index (χ1n) is 6.19. The molecule has 0 spiro atoms. The molecule has 1 aromatic heterocycles. The predicted octanol–water partition coefficient (Wildman–Crippen LogP) is 2.68. The summed E-state index contributed by atoms with van der Waals surface area (Å²) in [5.41, 5.74) is 1.25. The van der Waals surface area contributed by atoms with E-state index >= 15 is 0 Å². The number of rotatable bonds is 2. The van der Waals surface area contributed by atoms with E-state index in [1.807, 2.05) is 6.20 Å². The quantitative estimate of drug-likeness (QED) is 0.837. The van der Waals surface area contributed by atoms with Crippen LogP contribution in [0.15, 0.2) is 16.7 Å². The molecule has 1 fully saturated rings. The fourth-order valence-corrected chi connectivity index (χ4v) is 2.38. The smallest absolute Gasteiger partial charge is 0.128 e. The lowest BCUT2D eigenvalue weighted by molar-refractivity contribution is 0.209. The minimum absolute atomic E-state index is 0.650. The lowest BCUT2D eigenvalue weighted by Crippen LogP contribution is -2.49. The SMILES string of the molecule is Cc1cc(N2CCN(C(C)C)CC2)ncc1Br. The van der Waals surface area contributed by atoms with Crippen LogP contribution in [0.5, 0.6) is 0 Å². The van der Waals surface area contributed by atoms with Gasteiger partial charge in [-0.3, -0.25) is 4.90 Å². The second-order valence-electron chi connectivity index (χ2n) is 4.91. The normalized spacial score (nSPS) is 17.8. The molecule has 1 aliphatic heterocycles. The fraction of sp³-hybridized carbons (Fsp3) is 0.615. The van der Waals surface area contributed by atoms with Gasteiger partial charge in [0.05, 0.1) is 0 Å². The molecular weight excluding hydrogens is 278 g/mol. The van der Waals surface area contributed by atoms with Crippen molar-refractivity contribution in [3.63, 3.8) is 0 Å². The van der Waals surface area contributed by atoms with Crippen LogP contribution in [0.4, 0.5) is 5.82 Å². The Kier molecular flexibility index (Phi) is 4.05. The molecule has 0 aliphatic carbocycles. The molecule has 0 amide bonds. The van der Waals surface area contributed by atoms with Crippen molar-refractivity contribution >= 4 is 21.7 Å².